The van der Waals surface area contributed by atoms with Gasteiger partial charge in [-0.2, -0.15) is 5.10 Å². The van der Waals surface area contributed by atoms with Gasteiger partial charge in [0.15, 0.2) is 0 Å². The lowest BCUT2D eigenvalue weighted by Crippen LogP contribution is -2.43. The molecule has 1 N–H and O–H groups in total. The molecule has 1 aromatic carbocycles. The van der Waals surface area contributed by atoms with E-state index in [1.807, 2.05) is 16.9 Å². The van der Waals surface area contributed by atoms with Crippen LogP contribution in [0.3, 0.4) is 0 Å². The smallest absolute Gasteiger partial charge is 0.0568 e. The average molecular weight is 271 g/mol. The minimum absolute atomic E-state index is 0.217. The molecule has 0 aliphatic rings. The normalized spacial score (nSPS) is 13.4. The van der Waals surface area contributed by atoms with Crippen molar-refractivity contribution in [1.82, 2.24) is 15.1 Å². The van der Waals surface area contributed by atoms with Gasteiger partial charge in [-0.1, -0.05) is 58.0 Å². The van der Waals surface area contributed by atoms with Crippen LogP contribution in [-0.2, 0) is 6.54 Å². The predicted molar refractivity (Wildman–Crippen MR) is 84.6 cm³/mol. The second kappa shape index (κ2) is 6.23. The van der Waals surface area contributed by atoms with Crippen molar-refractivity contribution < 1.29 is 0 Å². The summed E-state index contributed by atoms with van der Waals surface area (Å²) in [6, 6.07) is 10.8. The number of rotatable bonds is 5. The van der Waals surface area contributed by atoms with E-state index in [-0.39, 0.29) is 5.41 Å². The summed E-state index contributed by atoms with van der Waals surface area (Å²) in [6.45, 7) is 10.8. The molecule has 0 fully saturated rings. The lowest BCUT2D eigenvalue weighted by atomic mass is 9.86. The molecule has 2 aromatic rings. The van der Waals surface area contributed by atoms with Gasteiger partial charge in [-0.05, 0) is 17.5 Å². The molecular weight excluding hydrogens is 246 g/mol. The highest BCUT2D eigenvalue weighted by molar-refractivity contribution is 5.61. The summed E-state index contributed by atoms with van der Waals surface area (Å²) in [7, 11) is 0. The van der Waals surface area contributed by atoms with Crippen LogP contribution in [0.4, 0.5) is 0 Å². The van der Waals surface area contributed by atoms with Crippen molar-refractivity contribution in [2.75, 3.05) is 6.54 Å². The molecule has 3 heteroatoms. The summed E-state index contributed by atoms with van der Waals surface area (Å²) in [5.41, 5.74) is 2.61. The molecule has 0 amide bonds. The van der Waals surface area contributed by atoms with E-state index in [1.54, 1.807) is 0 Å². The fraction of sp³-hybridized carbons (Fsp3) is 0.471. The first-order valence-corrected chi connectivity index (χ1v) is 7.32. The maximum absolute atomic E-state index is 4.50. The van der Waals surface area contributed by atoms with E-state index in [1.165, 1.54) is 11.1 Å². The number of likely N-dealkylation sites (N-methyl/N-ethyl adjacent to an activating group) is 1. The average Bonchev–Trinajstić information content (AvgIpc) is 2.87. The molecule has 0 bridgehead atoms. The summed E-state index contributed by atoms with van der Waals surface area (Å²) >= 11 is 0. The van der Waals surface area contributed by atoms with Crippen molar-refractivity contribution in [1.29, 1.82) is 0 Å². The number of hydrogen-bond acceptors (Lipinski definition) is 2. The number of benzene rings is 1. The molecule has 0 saturated heterocycles. The summed E-state index contributed by atoms with van der Waals surface area (Å²) in [5, 5.41) is 8.06. The lowest BCUT2D eigenvalue weighted by Gasteiger charge is -2.31. The van der Waals surface area contributed by atoms with E-state index in [0.717, 1.165) is 13.1 Å². The van der Waals surface area contributed by atoms with E-state index < -0.39 is 0 Å². The standard InChI is InChI=1S/C17H25N3/c1-5-18-16(17(2,3)4)13-20-12-15(11-19-20)14-9-7-6-8-10-14/h6-12,16,18H,5,13H2,1-4H3. The third-order valence-electron chi connectivity index (χ3n) is 3.61. The topological polar surface area (TPSA) is 29.9 Å². The fourth-order valence-corrected chi connectivity index (χ4v) is 2.32. The number of aromatic nitrogens is 2. The highest BCUT2D eigenvalue weighted by Crippen LogP contribution is 2.22. The van der Waals surface area contributed by atoms with Gasteiger partial charge < -0.3 is 5.32 Å². The molecular formula is C17H25N3. The molecule has 0 spiro atoms. The second-order valence-corrected chi connectivity index (χ2v) is 6.29. The SMILES string of the molecule is CCNC(Cn1cc(-c2ccccc2)cn1)C(C)(C)C. The Kier molecular flexibility index (Phi) is 4.61. The third kappa shape index (κ3) is 3.70. The highest BCUT2D eigenvalue weighted by Gasteiger charge is 2.24. The van der Waals surface area contributed by atoms with Crippen LogP contribution in [0, 0.1) is 5.41 Å². The lowest BCUT2D eigenvalue weighted by molar-refractivity contribution is 0.239. The minimum Gasteiger partial charge on any atom is -0.312 e. The number of nitrogens with one attached hydrogen (secondary N) is 1. The van der Waals surface area contributed by atoms with Crippen LogP contribution in [0.2, 0.25) is 0 Å². The van der Waals surface area contributed by atoms with Gasteiger partial charge in [0.25, 0.3) is 0 Å². The van der Waals surface area contributed by atoms with Crippen molar-refractivity contribution in [3.05, 3.63) is 42.7 Å². The molecule has 20 heavy (non-hydrogen) atoms. The summed E-state index contributed by atoms with van der Waals surface area (Å²) in [5.74, 6) is 0. The first-order chi connectivity index (χ1) is 9.50. The van der Waals surface area contributed by atoms with Crippen LogP contribution in [0.5, 0.6) is 0 Å². The molecule has 2 rings (SSSR count). The van der Waals surface area contributed by atoms with E-state index >= 15 is 0 Å². The second-order valence-electron chi connectivity index (χ2n) is 6.29. The molecule has 3 nitrogen and oxygen atoms in total. The zero-order valence-electron chi connectivity index (χ0n) is 12.9. The van der Waals surface area contributed by atoms with Crippen molar-refractivity contribution in [2.24, 2.45) is 5.41 Å². The van der Waals surface area contributed by atoms with Crippen LogP contribution in [-0.4, -0.2) is 22.4 Å². The van der Waals surface area contributed by atoms with Crippen molar-refractivity contribution >= 4 is 0 Å². The first kappa shape index (κ1) is 14.8. The Morgan fingerprint density at radius 2 is 1.85 bits per heavy atom. The number of hydrogen-bond donors (Lipinski definition) is 1. The largest absolute Gasteiger partial charge is 0.312 e. The first-order valence-electron chi connectivity index (χ1n) is 7.32. The van der Waals surface area contributed by atoms with E-state index in [9.17, 15) is 0 Å². The van der Waals surface area contributed by atoms with E-state index in [2.05, 4.69) is 68.6 Å². The van der Waals surface area contributed by atoms with Gasteiger partial charge in [-0.3, -0.25) is 4.68 Å². The van der Waals surface area contributed by atoms with Crippen LogP contribution >= 0.6 is 0 Å². The fourth-order valence-electron chi connectivity index (χ4n) is 2.32. The van der Waals surface area contributed by atoms with Gasteiger partial charge in [0.05, 0.1) is 12.7 Å². The minimum atomic E-state index is 0.217. The van der Waals surface area contributed by atoms with Crippen LogP contribution < -0.4 is 5.32 Å². The third-order valence-corrected chi connectivity index (χ3v) is 3.61. The van der Waals surface area contributed by atoms with Gasteiger partial charge in [0, 0.05) is 17.8 Å². The Labute approximate surface area is 122 Å². The van der Waals surface area contributed by atoms with Crippen LogP contribution in [0.25, 0.3) is 11.1 Å². The summed E-state index contributed by atoms with van der Waals surface area (Å²) in [4.78, 5) is 0. The summed E-state index contributed by atoms with van der Waals surface area (Å²) in [6.07, 6.45) is 4.08. The van der Waals surface area contributed by atoms with Gasteiger partial charge in [-0.15, -0.1) is 0 Å². The molecule has 1 unspecified atom stereocenters. The Morgan fingerprint density at radius 1 is 1.15 bits per heavy atom. The van der Waals surface area contributed by atoms with Gasteiger partial charge >= 0.3 is 0 Å². The van der Waals surface area contributed by atoms with Crippen molar-refractivity contribution in [3.63, 3.8) is 0 Å². The number of nitrogens with zero attached hydrogens (tertiary/aromatic N) is 2. The molecule has 0 aliphatic heterocycles. The molecule has 1 heterocycles. The van der Waals surface area contributed by atoms with E-state index in [4.69, 9.17) is 0 Å². The quantitative estimate of drug-likeness (QED) is 0.901. The van der Waals surface area contributed by atoms with Gasteiger partial charge in [0.2, 0.25) is 0 Å². The molecule has 1 aromatic heterocycles. The molecule has 108 valence electrons. The maximum Gasteiger partial charge on any atom is 0.0568 e. The molecule has 0 radical (unpaired) electrons. The predicted octanol–water partition coefficient (Wildman–Crippen LogP) is 3.57. The van der Waals surface area contributed by atoms with Crippen molar-refractivity contribution in [2.45, 2.75) is 40.3 Å². The van der Waals surface area contributed by atoms with Crippen LogP contribution in [0.1, 0.15) is 27.7 Å². The molecule has 0 saturated carbocycles. The monoisotopic (exact) mass is 271 g/mol. The van der Waals surface area contributed by atoms with Gasteiger partial charge in [-0.25, -0.2) is 0 Å². The Bertz CT molecular complexity index is 523. The van der Waals surface area contributed by atoms with Crippen molar-refractivity contribution in [3.8, 4) is 11.1 Å². The Morgan fingerprint density at radius 3 is 2.45 bits per heavy atom. The highest BCUT2D eigenvalue weighted by atomic mass is 15.3. The van der Waals surface area contributed by atoms with Gasteiger partial charge in [0.1, 0.15) is 0 Å². The maximum atomic E-state index is 4.50. The summed E-state index contributed by atoms with van der Waals surface area (Å²) < 4.78 is 2.04. The molecule has 0 aliphatic carbocycles. The van der Waals surface area contributed by atoms with Crippen LogP contribution in [0.15, 0.2) is 42.7 Å². The Hall–Kier alpha value is -1.61. The zero-order chi connectivity index (χ0) is 14.6. The van der Waals surface area contributed by atoms with E-state index in [0.29, 0.717) is 6.04 Å². The Balaban J connectivity index is 2.13. The zero-order valence-corrected chi connectivity index (χ0v) is 12.9. The molecule has 1 atom stereocenters.